The first-order valence-corrected chi connectivity index (χ1v) is 7.07. The Hall–Kier alpha value is -0.610. The summed E-state index contributed by atoms with van der Waals surface area (Å²) in [5, 5.41) is 6.55. The normalized spacial score (nSPS) is 36.1. The second kappa shape index (κ2) is 5.17. The van der Waals surface area contributed by atoms with Gasteiger partial charge in [0, 0.05) is 19.2 Å². The van der Waals surface area contributed by atoms with E-state index in [2.05, 4.69) is 31.4 Å². The Morgan fingerprint density at radius 1 is 1.39 bits per heavy atom. The van der Waals surface area contributed by atoms with E-state index < -0.39 is 0 Å². The van der Waals surface area contributed by atoms with Crippen molar-refractivity contribution in [3.63, 3.8) is 0 Å². The van der Waals surface area contributed by atoms with Crippen LogP contribution in [0.25, 0.3) is 0 Å². The molecule has 0 spiro atoms. The largest absolute Gasteiger partial charge is 0.375 e. The lowest BCUT2D eigenvalue weighted by molar-refractivity contribution is -0.134. The molecule has 2 heterocycles. The van der Waals surface area contributed by atoms with Crippen LogP contribution in [0.4, 0.5) is 0 Å². The molecule has 0 saturated carbocycles. The fourth-order valence-electron chi connectivity index (χ4n) is 2.96. The molecule has 2 aliphatic rings. The zero-order chi connectivity index (χ0) is 13.2. The van der Waals surface area contributed by atoms with E-state index in [4.69, 9.17) is 4.74 Å². The number of nitrogens with one attached hydrogen (secondary N) is 2. The van der Waals surface area contributed by atoms with Gasteiger partial charge in [-0.3, -0.25) is 4.79 Å². The van der Waals surface area contributed by atoms with Gasteiger partial charge >= 0.3 is 0 Å². The topological polar surface area (TPSA) is 50.4 Å². The summed E-state index contributed by atoms with van der Waals surface area (Å²) in [7, 11) is 0. The lowest BCUT2D eigenvalue weighted by Gasteiger charge is -2.39. The number of amides is 1. The Morgan fingerprint density at radius 3 is 2.78 bits per heavy atom. The molecule has 2 N–H and O–H groups in total. The minimum atomic E-state index is -0.235. The zero-order valence-corrected chi connectivity index (χ0v) is 11.8. The van der Waals surface area contributed by atoms with E-state index in [9.17, 15) is 4.79 Å². The maximum absolute atomic E-state index is 12.4. The minimum Gasteiger partial charge on any atom is -0.375 e. The van der Waals surface area contributed by atoms with Crippen LogP contribution >= 0.6 is 0 Å². The van der Waals surface area contributed by atoms with E-state index in [1.165, 1.54) is 0 Å². The van der Waals surface area contributed by atoms with E-state index in [1.807, 2.05) is 0 Å². The van der Waals surface area contributed by atoms with E-state index in [1.54, 1.807) is 0 Å². The standard InChI is InChI=1S/C14H26N2O2/c1-13(2)9-11(5-8-18-13)16-12(17)14(3)6-4-7-15-10-14/h11,15H,4-10H2,1-3H3,(H,16,17). The van der Waals surface area contributed by atoms with Crippen molar-refractivity contribution in [1.29, 1.82) is 0 Å². The number of hydrogen-bond acceptors (Lipinski definition) is 3. The molecule has 104 valence electrons. The van der Waals surface area contributed by atoms with Gasteiger partial charge in [-0.15, -0.1) is 0 Å². The molecule has 0 aromatic heterocycles. The maximum Gasteiger partial charge on any atom is 0.227 e. The summed E-state index contributed by atoms with van der Waals surface area (Å²) in [4.78, 5) is 12.4. The molecule has 0 bridgehead atoms. The van der Waals surface area contributed by atoms with Crippen molar-refractivity contribution in [3.05, 3.63) is 0 Å². The molecule has 4 nitrogen and oxygen atoms in total. The molecule has 2 rings (SSSR count). The van der Waals surface area contributed by atoms with Gasteiger partial charge in [-0.2, -0.15) is 0 Å². The highest BCUT2D eigenvalue weighted by Gasteiger charge is 2.37. The quantitative estimate of drug-likeness (QED) is 0.784. The molecule has 2 fully saturated rings. The Morgan fingerprint density at radius 2 is 2.17 bits per heavy atom. The van der Waals surface area contributed by atoms with Crippen LogP contribution in [-0.2, 0) is 9.53 Å². The van der Waals surface area contributed by atoms with Crippen LogP contribution in [0.1, 0.15) is 46.5 Å². The summed E-state index contributed by atoms with van der Waals surface area (Å²) < 4.78 is 5.68. The Kier molecular flexibility index (Phi) is 3.97. The average Bonchev–Trinajstić information content (AvgIpc) is 2.28. The van der Waals surface area contributed by atoms with Gasteiger partial charge in [0.25, 0.3) is 0 Å². The fraction of sp³-hybridized carbons (Fsp3) is 0.929. The summed E-state index contributed by atoms with van der Waals surface area (Å²) >= 11 is 0. The molecule has 1 amide bonds. The van der Waals surface area contributed by atoms with Gasteiger partial charge in [-0.25, -0.2) is 0 Å². The number of carbonyl (C=O) groups excluding carboxylic acids is 1. The number of piperidine rings is 1. The monoisotopic (exact) mass is 254 g/mol. The van der Waals surface area contributed by atoms with Crippen molar-refractivity contribution in [2.24, 2.45) is 5.41 Å². The molecule has 2 unspecified atom stereocenters. The molecular formula is C14H26N2O2. The van der Waals surface area contributed by atoms with Gasteiger partial charge in [0.1, 0.15) is 0 Å². The number of ether oxygens (including phenoxy) is 1. The Bertz CT molecular complexity index is 309. The van der Waals surface area contributed by atoms with Crippen molar-refractivity contribution in [1.82, 2.24) is 10.6 Å². The summed E-state index contributed by atoms with van der Waals surface area (Å²) in [5.41, 5.74) is -0.345. The third kappa shape index (κ3) is 3.23. The van der Waals surface area contributed by atoms with E-state index in [-0.39, 0.29) is 23.0 Å². The molecule has 0 aliphatic carbocycles. The van der Waals surface area contributed by atoms with Crippen LogP contribution in [0.2, 0.25) is 0 Å². The predicted octanol–water partition coefficient (Wildman–Crippen LogP) is 1.45. The summed E-state index contributed by atoms with van der Waals surface area (Å²) in [6.07, 6.45) is 3.91. The molecule has 0 aromatic carbocycles. The molecule has 4 heteroatoms. The van der Waals surface area contributed by atoms with Crippen molar-refractivity contribution in [3.8, 4) is 0 Å². The lowest BCUT2D eigenvalue weighted by atomic mass is 9.81. The predicted molar refractivity (Wildman–Crippen MR) is 71.4 cm³/mol. The van der Waals surface area contributed by atoms with E-state index in [0.29, 0.717) is 0 Å². The van der Waals surface area contributed by atoms with E-state index in [0.717, 1.165) is 45.4 Å². The van der Waals surface area contributed by atoms with Crippen molar-refractivity contribution in [2.45, 2.75) is 58.1 Å². The zero-order valence-electron chi connectivity index (χ0n) is 11.8. The first-order chi connectivity index (χ1) is 8.41. The van der Waals surface area contributed by atoms with Gasteiger partial charge in [-0.05, 0) is 53.0 Å². The van der Waals surface area contributed by atoms with Crippen LogP contribution in [0.3, 0.4) is 0 Å². The molecule has 0 radical (unpaired) electrons. The van der Waals surface area contributed by atoms with E-state index >= 15 is 0 Å². The molecule has 0 aromatic rings. The molecule has 18 heavy (non-hydrogen) atoms. The number of rotatable bonds is 2. The minimum absolute atomic E-state index is 0.109. The van der Waals surface area contributed by atoms with Crippen LogP contribution in [0, 0.1) is 5.41 Å². The summed E-state index contributed by atoms with van der Waals surface area (Å²) in [6.45, 7) is 8.83. The fourth-order valence-corrected chi connectivity index (χ4v) is 2.96. The van der Waals surface area contributed by atoms with Gasteiger partial charge in [0.05, 0.1) is 11.0 Å². The molecular weight excluding hydrogens is 228 g/mol. The van der Waals surface area contributed by atoms with Crippen molar-refractivity contribution < 1.29 is 9.53 Å². The van der Waals surface area contributed by atoms with Gasteiger partial charge in [0.15, 0.2) is 0 Å². The second-order valence-corrected chi connectivity index (χ2v) is 6.61. The number of carbonyl (C=O) groups is 1. The van der Waals surface area contributed by atoms with Gasteiger partial charge < -0.3 is 15.4 Å². The SMILES string of the molecule is CC1(C)CC(NC(=O)C2(C)CCCNC2)CCO1. The Labute approximate surface area is 110 Å². The van der Waals surface area contributed by atoms with Gasteiger partial charge in [-0.1, -0.05) is 0 Å². The highest BCUT2D eigenvalue weighted by atomic mass is 16.5. The molecule has 2 aliphatic heterocycles. The second-order valence-electron chi connectivity index (χ2n) is 6.61. The Balaban J connectivity index is 1.90. The smallest absolute Gasteiger partial charge is 0.227 e. The van der Waals surface area contributed by atoms with Crippen LogP contribution in [0.15, 0.2) is 0 Å². The maximum atomic E-state index is 12.4. The third-order valence-electron chi connectivity index (χ3n) is 4.18. The highest BCUT2D eigenvalue weighted by Crippen LogP contribution is 2.28. The molecule has 2 atom stereocenters. The highest BCUT2D eigenvalue weighted by molar-refractivity contribution is 5.82. The average molecular weight is 254 g/mol. The summed E-state index contributed by atoms with van der Waals surface area (Å²) in [5.74, 6) is 0.206. The molecule has 2 saturated heterocycles. The lowest BCUT2D eigenvalue weighted by Crippen LogP contribution is -2.53. The van der Waals surface area contributed by atoms with Gasteiger partial charge in [0.2, 0.25) is 5.91 Å². The third-order valence-corrected chi connectivity index (χ3v) is 4.18. The van der Waals surface area contributed by atoms with Crippen molar-refractivity contribution >= 4 is 5.91 Å². The van der Waals surface area contributed by atoms with Crippen LogP contribution in [-0.4, -0.2) is 37.2 Å². The first kappa shape index (κ1) is 13.8. The first-order valence-electron chi connectivity index (χ1n) is 7.07. The van der Waals surface area contributed by atoms with Crippen molar-refractivity contribution in [2.75, 3.05) is 19.7 Å². The van der Waals surface area contributed by atoms with Crippen LogP contribution in [0.5, 0.6) is 0 Å². The van der Waals surface area contributed by atoms with Crippen LogP contribution < -0.4 is 10.6 Å². The summed E-state index contributed by atoms with van der Waals surface area (Å²) in [6, 6.07) is 0.264. The number of hydrogen-bond donors (Lipinski definition) is 2.